The molecule has 0 saturated carbocycles. The van der Waals surface area contributed by atoms with E-state index in [9.17, 15) is 9.18 Å². The number of ether oxygens (including phenoxy) is 1. The highest BCUT2D eigenvalue weighted by Gasteiger charge is 2.23. The molecular weight excluding hydrogens is 335 g/mol. The molecule has 0 aliphatic carbocycles. The number of carbonyl (C=O) groups excluding carboxylic acids is 1. The molecule has 1 aliphatic rings. The smallest absolute Gasteiger partial charge is 0.272 e. The Morgan fingerprint density at radius 3 is 2.88 bits per heavy atom. The second-order valence-electron chi connectivity index (χ2n) is 6.81. The zero-order chi connectivity index (χ0) is 18.7. The van der Waals surface area contributed by atoms with E-state index in [0.717, 1.165) is 37.2 Å². The van der Waals surface area contributed by atoms with Gasteiger partial charge in [-0.2, -0.15) is 5.10 Å². The fraction of sp³-hybridized carbons (Fsp3) is 0.474. The summed E-state index contributed by atoms with van der Waals surface area (Å²) in [6.07, 6.45) is 1.93. The highest BCUT2D eigenvalue weighted by Crippen LogP contribution is 2.20. The monoisotopic (exact) mass is 360 g/mol. The van der Waals surface area contributed by atoms with Crippen molar-refractivity contribution in [3.63, 3.8) is 0 Å². The summed E-state index contributed by atoms with van der Waals surface area (Å²) >= 11 is 0. The predicted octanol–water partition coefficient (Wildman–Crippen LogP) is 2.27. The molecule has 26 heavy (non-hydrogen) atoms. The molecule has 1 aromatic carbocycles. The van der Waals surface area contributed by atoms with Crippen molar-refractivity contribution < 1.29 is 13.9 Å². The second kappa shape index (κ2) is 7.86. The molecular formula is C19H25FN4O2. The molecule has 7 heteroatoms. The van der Waals surface area contributed by atoms with Gasteiger partial charge in [0.1, 0.15) is 5.69 Å². The van der Waals surface area contributed by atoms with Crippen molar-refractivity contribution in [3.05, 3.63) is 47.0 Å². The summed E-state index contributed by atoms with van der Waals surface area (Å²) in [4.78, 5) is 14.6. The van der Waals surface area contributed by atoms with Crippen LogP contribution < -0.4 is 10.1 Å². The lowest BCUT2D eigenvalue weighted by atomic mass is 10.0. The Labute approximate surface area is 152 Å². The number of amides is 1. The summed E-state index contributed by atoms with van der Waals surface area (Å²) < 4.78 is 20.5. The van der Waals surface area contributed by atoms with Crippen LogP contribution in [0.15, 0.2) is 24.3 Å². The largest absolute Gasteiger partial charge is 0.494 e. The summed E-state index contributed by atoms with van der Waals surface area (Å²) in [5.74, 6) is -0.239. The Kier molecular flexibility index (Phi) is 5.56. The van der Waals surface area contributed by atoms with E-state index in [1.165, 1.54) is 13.2 Å². The quantitative estimate of drug-likeness (QED) is 0.889. The molecule has 0 radical (unpaired) electrons. The number of rotatable bonds is 5. The van der Waals surface area contributed by atoms with E-state index >= 15 is 0 Å². The number of methoxy groups -OCH3 is 1. The predicted molar refractivity (Wildman–Crippen MR) is 96.7 cm³/mol. The Morgan fingerprint density at radius 2 is 2.23 bits per heavy atom. The number of nitrogens with zero attached hydrogens (tertiary/aromatic N) is 3. The van der Waals surface area contributed by atoms with Crippen molar-refractivity contribution in [1.82, 2.24) is 20.0 Å². The first-order valence-electron chi connectivity index (χ1n) is 8.82. The highest BCUT2D eigenvalue weighted by atomic mass is 19.1. The molecule has 140 valence electrons. The Balaban J connectivity index is 1.58. The molecule has 1 atom stereocenters. The number of hydrogen-bond acceptors (Lipinski definition) is 4. The topological polar surface area (TPSA) is 59.4 Å². The van der Waals surface area contributed by atoms with Crippen molar-refractivity contribution in [2.75, 3.05) is 20.2 Å². The standard InChI is InChI=1S/C19H25FN4O2/c1-13-9-17(22-23(13)2)19(25)21-15-5-4-8-24(12-15)11-14-6-7-18(26-3)16(20)10-14/h6-7,9-10,15H,4-5,8,11-12H2,1-3H3,(H,21,25). The number of nitrogens with one attached hydrogen (secondary N) is 1. The molecule has 0 spiro atoms. The van der Waals surface area contributed by atoms with Gasteiger partial charge < -0.3 is 10.1 Å². The van der Waals surface area contributed by atoms with Gasteiger partial charge in [0.15, 0.2) is 11.6 Å². The zero-order valence-electron chi connectivity index (χ0n) is 15.5. The number of aromatic nitrogens is 2. The van der Waals surface area contributed by atoms with Gasteiger partial charge in [0.2, 0.25) is 0 Å². The van der Waals surface area contributed by atoms with Crippen molar-refractivity contribution >= 4 is 5.91 Å². The number of piperidine rings is 1. The fourth-order valence-electron chi connectivity index (χ4n) is 3.31. The SMILES string of the molecule is COc1ccc(CN2CCCC(NC(=O)c3cc(C)n(C)n3)C2)cc1F. The van der Waals surface area contributed by atoms with Gasteiger partial charge >= 0.3 is 0 Å². The summed E-state index contributed by atoms with van der Waals surface area (Å²) in [6, 6.07) is 6.90. The minimum atomic E-state index is -0.350. The normalized spacial score (nSPS) is 17.9. The number of benzene rings is 1. The third-order valence-corrected chi connectivity index (χ3v) is 4.81. The lowest BCUT2D eigenvalue weighted by Crippen LogP contribution is -2.47. The maximum absolute atomic E-state index is 13.9. The van der Waals surface area contributed by atoms with E-state index < -0.39 is 0 Å². The Morgan fingerprint density at radius 1 is 1.42 bits per heavy atom. The lowest BCUT2D eigenvalue weighted by Gasteiger charge is -2.33. The van der Waals surface area contributed by atoms with Crippen LogP contribution in [0.4, 0.5) is 4.39 Å². The van der Waals surface area contributed by atoms with Gasteiger partial charge in [0.25, 0.3) is 5.91 Å². The first-order chi connectivity index (χ1) is 12.5. The van der Waals surface area contributed by atoms with Gasteiger partial charge in [0, 0.05) is 31.9 Å². The van der Waals surface area contributed by atoms with E-state index in [0.29, 0.717) is 12.2 Å². The van der Waals surface area contributed by atoms with E-state index in [2.05, 4.69) is 15.3 Å². The maximum atomic E-state index is 13.9. The van der Waals surface area contributed by atoms with Crippen molar-refractivity contribution in [2.24, 2.45) is 7.05 Å². The molecule has 0 bridgehead atoms. The molecule has 6 nitrogen and oxygen atoms in total. The molecule has 1 fully saturated rings. The molecule has 1 aromatic heterocycles. The summed E-state index contributed by atoms with van der Waals surface area (Å²) in [7, 11) is 3.28. The summed E-state index contributed by atoms with van der Waals surface area (Å²) in [5, 5.41) is 7.30. The molecule has 1 amide bonds. The van der Waals surface area contributed by atoms with Gasteiger partial charge in [-0.15, -0.1) is 0 Å². The average Bonchev–Trinajstić information content (AvgIpc) is 2.95. The van der Waals surface area contributed by atoms with Gasteiger partial charge in [-0.05, 0) is 50.1 Å². The first kappa shape index (κ1) is 18.4. The van der Waals surface area contributed by atoms with Crippen LogP contribution in [-0.2, 0) is 13.6 Å². The third-order valence-electron chi connectivity index (χ3n) is 4.81. The van der Waals surface area contributed by atoms with Crippen LogP contribution in [0.3, 0.4) is 0 Å². The Hall–Kier alpha value is -2.41. The molecule has 1 saturated heterocycles. The lowest BCUT2D eigenvalue weighted by molar-refractivity contribution is 0.0895. The van der Waals surface area contributed by atoms with E-state index in [4.69, 9.17) is 4.74 Å². The van der Waals surface area contributed by atoms with E-state index in [1.54, 1.807) is 16.8 Å². The van der Waals surface area contributed by atoms with Crippen LogP contribution >= 0.6 is 0 Å². The minimum absolute atomic E-state index is 0.0710. The van der Waals surface area contributed by atoms with E-state index in [1.807, 2.05) is 20.0 Å². The number of halogens is 1. The first-order valence-corrected chi connectivity index (χ1v) is 8.82. The van der Waals surface area contributed by atoms with Gasteiger partial charge in [0.05, 0.1) is 7.11 Å². The molecule has 1 aliphatic heterocycles. The van der Waals surface area contributed by atoms with E-state index in [-0.39, 0.29) is 23.5 Å². The number of hydrogen-bond donors (Lipinski definition) is 1. The highest BCUT2D eigenvalue weighted by molar-refractivity contribution is 5.92. The van der Waals surface area contributed by atoms with Crippen molar-refractivity contribution in [1.29, 1.82) is 0 Å². The van der Waals surface area contributed by atoms with Crippen molar-refractivity contribution in [2.45, 2.75) is 32.4 Å². The second-order valence-corrected chi connectivity index (χ2v) is 6.81. The zero-order valence-corrected chi connectivity index (χ0v) is 15.5. The number of aryl methyl sites for hydroxylation is 2. The fourth-order valence-corrected chi connectivity index (χ4v) is 3.31. The number of carbonyl (C=O) groups is 1. The minimum Gasteiger partial charge on any atom is -0.494 e. The average molecular weight is 360 g/mol. The molecule has 1 unspecified atom stereocenters. The third kappa shape index (κ3) is 4.22. The molecule has 2 heterocycles. The Bertz CT molecular complexity index is 770. The van der Waals surface area contributed by atoms with Crippen LogP contribution in [0.2, 0.25) is 0 Å². The number of likely N-dealkylation sites (tertiary alicyclic amines) is 1. The van der Waals surface area contributed by atoms with Crippen molar-refractivity contribution in [3.8, 4) is 5.75 Å². The maximum Gasteiger partial charge on any atom is 0.272 e. The van der Waals surface area contributed by atoms with Crippen LogP contribution in [0.5, 0.6) is 5.75 Å². The molecule has 1 N–H and O–H groups in total. The molecule has 2 aromatic rings. The van der Waals surface area contributed by atoms with Gasteiger partial charge in [-0.3, -0.25) is 14.4 Å². The molecule has 3 rings (SSSR count). The summed E-state index contributed by atoms with van der Waals surface area (Å²) in [5.41, 5.74) is 2.29. The summed E-state index contributed by atoms with van der Waals surface area (Å²) in [6.45, 7) is 4.24. The van der Waals surface area contributed by atoms with Crippen LogP contribution in [-0.4, -0.2) is 46.8 Å². The van der Waals surface area contributed by atoms with Crippen LogP contribution in [0.25, 0.3) is 0 Å². The van der Waals surface area contributed by atoms with Gasteiger partial charge in [-0.1, -0.05) is 6.07 Å². The van der Waals surface area contributed by atoms with Gasteiger partial charge in [-0.25, -0.2) is 4.39 Å². The van der Waals surface area contributed by atoms with Crippen LogP contribution in [0, 0.1) is 12.7 Å². The van der Waals surface area contributed by atoms with Crippen LogP contribution in [0.1, 0.15) is 34.6 Å².